The maximum absolute atomic E-state index is 11.4. The minimum absolute atomic E-state index is 1.01. The Morgan fingerprint density at radius 3 is 2.12 bits per heavy atom. The lowest BCUT2D eigenvalue weighted by molar-refractivity contribution is -0.260. The molecular weight excluding hydrogens is 114 g/mol. The van der Waals surface area contributed by atoms with Gasteiger partial charge in [0.25, 0.3) is 0 Å². The summed E-state index contributed by atoms with van der Waals surface area (Å²) in [5.74, 6) is 0.131. The van der Waals surface area contributed by atoms with E-state index in [0.717, 1.165) is 6.92 Å². The molecule has 8 heavy (non-hydrogen) atoms. The molecule has 0 saturated carbocycles. The van der Waals surface area contributed by atoms with Gasteiger partial charge in [-0.25, -0.2) is 0 Å². The zero-order valence-corrected chi connectivity index (χ0v) is 4.32. The van der Waals surface area contributed by atoms with Gasteiger partial charge in [-0.3, -0.25) is 0 Å². The fourth-order valence-electron chi connectivity index (χ4n) is 0.0970. The number of terminal acetylenes is 1. The van der Waals surface area contributed by atoms with Crippen molar-refractivity contribution in [3.8, 4) is 12.3 Å². The Balaban J connectivity index is 3.87. The zero-order chi connectivity index (χ0) is 6.78. The van der Waals surface area contributed by atoms with Crippen LogP contribution in [0.5, 0.6) is 0 Å². The summed E-state index contributed by atoms with van der Waals surface area (Å²) in [5, 5.41) is 9.56. The van der Waals surface area contributed by atoms with Gasteiger partial charge in [-0.1, -0.05) is 5.92 Å². The Kier molecular flexibility index (Phi) is 1.94. The highest BCUT2D eigenvalue weighted by atomic mass is 19.3. The lowest BCUT2D eigenvalue weighted by Crippen LogP contribution is -2.21. The van der Waals surface area contributed by atoms with Crippen LogP contribution in [0.25, 0.3) is 0 Å². The molecule has 1 unspecified atom stereocenters. The predicted molar refractivity (Wildman–Crippen MR) is 23.6 cm³/mol. The Labute approximate surface area is 46.3 Å². The molecular formula is C5H5F2O. The molecule has 45 valence electrons. The van der Waals surface area contributed by atoms with E-state index in [1.165, 1.54) is 0 Å². The molecule has 0 aliphatic carbocycles. The van der Waals surface area contributed by atoms with Crippen LogP contribution >= 0.6 is 0 Å². The van der Waals surface area contributed by atoms with Gasteiger partial charge in [-0.2, -0.15) is 13.9 Å². The van der Waals surface area contributed by atoms with Crippen LogP contribution in [-0.4, -0.2) is 6.11 Å². The van der Waals surface area contributed by atoms with Crippen LogP contribution in [0.3, 0.4) is 0 Å². The topological polar surface area (TPSA) is 19.9 Å². The van der Waals surface area contributed by atoms with Crippen LogP contribution in [0.15, 0.2) is 0 Å². The first-order valence-corrected chi connectivity index (χ1v) is 2.03. The summed E-state index contributed by atoms with van der Waals surface area (Å²) in [6.45, 7) is 1.01. The molecule has 0 saturated heterocycles. The maximum Gasteiger partial charge on any atom is 0.394 e. The van der Waals surface area contributed by atoms with Crippen LogP contribution < -0.4 is 0 Å². The minimum Gasteiger partial charge on any atom is -0.172 e. The van der Waals surface area contributed by atoms with Crippen LogP contribution in [0, 0.1) is 18.3 Å². The fourth-order valence-corrected chi connectivity index (χ4v) is 0.0970. The van der Waals surface area contributed by atoms with Gasteiger partial charge in [0.05, 0.1) is 0 Å². The summed E-state index contributed by atoms with van der Waals surface area (Å²) in [6, 6.07) is 0. The molecule has 0 aromatic carbocycles. The van der Waals surface area contributed by atoms with Gasteiger partial charge in [0.15, 0.2) is 0 Å². The molecule has 0 spiro atoms. The van der Waals surface area contributed by atoms with Gasteiger partial charge in [0.1, 0.15) is 5.92 Å². The third kappa shape index (κ3) is 1.90. The summed E-state index contributed by atoms with van der Waals surface area (Å²) in [6.07, 6.45) is 0.551. The van der Waals surface area contributed by atoms with Crippen molar-refractivity contribution in [2.24, 2.45) is 5.92 Å². The lowest BCUT2D eigenvalue weighted by Gasteiger charge is -2.07. The van der Waals surface area contributed by atoms with Crippen LogP contribution in [-0.2, 0) is 5.11 Å². The number of hydrogen-bond donors (Lipinski definition) is 0. The quantitative estimate of drug-likeness (QED) is 0.463. The van der Waals surface area contributed by atoms with Crippen molar-refractivity contribution in [1.29, 1.82) is 0 Å². The fraction of sp³-hybridized carbons (Fsp3) is 0.600. The second kappa shape index (κ2) is 2.10. The molecule has 0 aromatic rings. The molecule has 0 bridgehead atoms. The molecule has 0 rings (SSSR count). The van der Waals surface area contributed by atoms with Gasteiger partial charge in [0.2, 0.25) is 0 Å². The second-order valence-corrected chi connectivity index (χ2v) is 1.45. The van der Waals surface area contributed by atoms with Crippen LogP contribution in [0.4, 0.5) is 8.78 Å². The standard InChI is InChI=1S/C5H5F2O/c1-3-4(2)5(6,7)8/h1,4H,2H3. The summed E-state index contributed by atoms with van der Waals surface area (Å²) in [4.78, 5) is 0. The Bertz CT molecular complexity index is 109. The smallest absolute Gasteiger partial charge is 0.172 e. The molecule has 0 fully saturated rings. The molecule has 1 atom stereocenters. The van der Waals surface area contributed by atoms with E-state index in [2.05, 4.69) is 6.42 Å². The van der Waals surface area contributed by atoms with Gasteiger partial charge in [0, 0.05) is 0 Å². The van der Waals surface area contributed by atoms with E-state index in [-0.39, 0.29) is 0 Å². The van der Waals surface area contributed by atoms with Crippen molar-refractivity contribution in [3.63, 3.8) is 0 Å². The van der Waals surface area contributed by atoms with Crippen molar-refractivity contribution in [1.82, 2.24) is 0 Å². The first-order chi connectivity index (χ1) is 3.48. The Hall–Kier alpha value is -0.620. The van der Waals surface area contributed by atoms with E-state index in [1.807, 2.05) is 0 Å². The summed E-state index contributed by atoms with van der Waals surface area (Å²) >= 11 is 0. The van der Waals surface area contributed by atoms with Crippen molar-refractivity contribution in [3.05, 3.63) is 0 Å². The van der Waals surface area contributed by atoms with E-state index in [0.29, 0.717) is 0 Å². The highest BCUT2D eigenvalue weighted by Crippen LogP contribution is 2.19. The van der Waals surface area contributed by atoms with Gasteiger partial charge in [-0.05, 0) is 6.92 Å². The molecule has 0 heterocycles. The van der Waals surface area contributed by atoms with Crippen molar-refractivity contribution in [2.75, 3.05) is 0 Å². The molecule has 0 aromatic heterocycles. The average molecular weight is 119 g/mol. The largest absolute Gasteiger partial charge is 0.394 e. The molecule has 0 aliphatic heterocycles. The Morgan fingerprint density at radius 1 is 1.75 bits per heavy atom. The number of rotatable bonds is 1. The second-order valence-electron chi connectivity index (χ2n) is 1.45. The molecule has 0 N–H and O–H groups in total. The van der Waals surface area contributed by atoms with Crippen LogP contribution in [0.2, 0.25) is 0 Å². The zero-order valence-electron chi connectivity index (χ0n) is 4.32. The SMILES string of the molecule is C#CC(C)C([O])(F)F. The number of hydrogen-bond acceptors (Lipinski definition) is 0. The van der Waals surface area contributed by atoms with E-state index in [4.69, 9.17) is 0 Å². The molecule has 1 radical (unpaired) electrons. The highest BCUT2D eigenvalue weighted by molar-refractivity contribution is 4.93. The van der Waals surface area contributed by atoms with E-state index in [1.54, 1.807) is 5.92 Å². The third-order valence-electron chi connectivity index (χ3n) is 0.754. The normalized spacial score (nSPS) is 14.9. The lowest BCUT2D eigenvalue weighted by atomic mass is 10.2. The number of alkyl halides is 2. The summed E-state index contributed by atoms with van der Waals surface area (Å²) < 4.78 is 22.8. The summed E-state index contributed by atoms with van der Waals surface area (Å²) in [5.41, 5.74) is 0. The molecule has 1 nitrogen and oxygen atoms in total. The van der Waals surface area contributed by atoms with Gasteiger partial charge in [-0.15, -0.1) is 6.42 Å². The molecule has 0 amide bonds. The monoisotopic (exact) mass is 119 g/mol. The predicted octanol–water partition coefficient (Wildman–Crippen LogP) is 1.28. The van der Waals surface area contributed by atoms with Crippen molar-refractivity contribution >= 4 is 0 Å². The van der Waals surface area contributed by atoms with Crippen molar-refractivity contribution in [2.45, 2.75) is 13.0 Å². The molecule has 3 heteroatoms. The van der Waals surface area contributed by atoms with Crippen LogP contribution in [0.1, 0.15) is 6.92 Å². The first kappa shape index (κ1) is 7.38. The van der Waals surface area contributed by atoms with Gasteiger partial charge >= 0.3 is 6.11 Å². The third-order valence-corrected chi connectivity index (χ3v) is 0.754. The van der Waals surface area contributed by atoms with Gasteiger partial charge < -0.3 is 0 Å². The maximum atomic E-state index is 11.4. The van der Waals surface area contributed by atoms with Crippen molar-refractivity contribution < 1.29 is 13.9 Å². The van der Waals surface area contributed by atoms with E-state index in [9.17, 15) is 13.9 Å². The molecule has 0 aliphatic rings. The summed E-state index contributed by atoms with van der Waals surface area (Å²) in [7, 11) is 0. The minimum atomic E-state index is -3.98. The number of halogens is 2. The average Bonchev–Trinajstić information content (AvgIpc) is 1.62. The van der Waals surface area contributed by atoms with E-state index >= 15 is 0 Å². The van der Waals surface area contributed by atoms with E-state index < -0.39 is 12.0 Å². The Morgan fingerprint density at radius 2 is 2.12 bits per heavy atom. The highest BCUT2D eigenvalue weighted by Gasteiger charge is 2.33. The first-order valence-electron chi connectivity index (χ1n) is 2.03.